The largest absolute Gasteiger partial charge is 0.294 e. The van der Waals surface area contributed by atoms with Gasteiger partial charge < -0.3 is 0 Å². The Kier molecular flexibility index (Phi) is 5.07. The Hall–Kier alpha value is -0.350. The van der Waals surface area contributed by atoms with Crippen LogP contribution in [0.2, 0.25) is 10.0 Å². The van der Waals surface area contributed by atoms with Crippen LogP contribution in [0.15, 0.2) is 45.3 Å². The van der Waals surface area contributed by atoms with Crippen molar-refractivity contribution in [1.82, 2.24) is 0 Å². The summed E-state index contributed by atoms with van der Waals surface area (Å²) in [4.78, 5) is 12.2. The van der Waals surface area contributed by atoms with Gasteiger partial charge in [-0.1, -0.05) is 55.1 Å². The highest BCUT2D eigenvalue weighted by atomic mass is 79.9. The lowest BCUT2D eigenvalue weighted by atomic mass is 10.0. The normalized spacial score (nSPS) is 10.5. The van der Waals surface area contributed by atoms with Crippen LogP contribution in [0.4, 0.5) is 0 Å². The van der Waals surface area contributed by atoms with Crippen LogP contribution in [0.3, 0.4) is 0 Å². The molecule has 0 unspecified atom stereocenters. The first-order valence-electron chi connectivity index (χ1n) is 5.39. The molecule has 1 nitrogen and oxygen atoms in total. The molecule has 2 aromatic rings. The van der Waals surface area contributed by atoms with Crippen molar-refractivity contribution in [1.29, 1.82) is 0 Å². The summed E-state index contributed by atoms with van der Waals surface area (Å²) in [5, 5.41) is 1.12. The van der Waals surface area contributed by atoms with Gasteiger partial charge in [0.25, 0.3) is 0 Å². The summed E-state index contributed by atoms with van der Waals surface area (Å²) in [5.41, 5.74) is 1.35. The van der Waals surface area contributed by atoms with Gasteiger partial charge in [-0.2, -0.15) is 0 Å². The van der Waals surface area contributed by atoms with E-state index in [1.807, 2.05) is 6.07 Å². The highest BCUT2D eigenvalue weighted by molar-refractivity contribution is 9.11. The standard InChI is InChI=1S/C14H8Br2Cl2O/c15-10-3-9(4-11(16)7-10)14(19)6-8-5-12(17)1-2-13(8)18/h1-5,7H,6H2. The number of rotatable bonds is 3. The van der Waals surface area contributed by atoms with Crippen molar-refractivity contribution >= 4 is 60.8 Å². The van der Waals surface area contributed by atoms with Gasteiger partial charge in [0.15, 0.2) is 5.78 Å². The zero-order chi connectivity index (χ0) is 14.0. The fourth-order valence-electron chi connectivity index (χ4n) is 1.67. The second-order valence-corrected chi connectivity index (χ2v) is 6.67. The van der Waals surface area contributed by atoms with Crippen LogP contribution in [-0.2, 0) is 6.42 Å². The fourth-order valence-corrected chi connectivity index (χ4v) is 3.34. The molecule has 5 heteroatoms. The maximum absolute atomic E-state index is 12.2. The molecular weight excluding hydrogens is 415 g/mol. The van der Waals surface area contributed by atoms with Gasteiger partial charge in [0.1, 0.15) is 0 Å². The third-order valence-electron chi connectivity index (χ3n) is 2.54. The SMILES string of the molecule is O=C(Cc1cc(Cl)ccc1Cl)c1cc(Br)cc(Br)c1. The summed E-state index contributed by atoms with van der Waals surface area (Å²) in [6.45, 7) is 0. The number of carbonyl (C=O) groups excluding carboxylic acids is 1. The van der Waals surface area contributed by atoms with E-state index in [9.17, 15) is 4.79 Å². The molecular formula is C14H8Br2Cl2O. The van der Waals surface area contributed by atoms with Crippen LogP contribution in [0.25, 0.3) is 0 Å². The van der Waals surface area contributed by atoms with E-state index < -0.39 is 0 Å². The third kappa shape index (κ3) is 4.06. The van der Waals surface area contributed by atoms with Crippen LogP contribution in [0.1, 0.15) is 15.9 Å². The molecule has 0 aliphatic carbocycles. The summed E-state index contributed by atoms with van der Waals surface area (Å²) >= 11 is 18.7. The van der Waals surface area contributed by atoms with E-state index in [2.05, 4.69) is 31.9 Å². The molecule has 0 aliphatic rings. The molecule has 2 aromatic carbocycles. The third-order valence-corrected chi connectivity index (χ3v) is 4.06. The first-order chi connectivity index (χ1) is 8.95. The molecule has 0 heterocycles. The highest BCUT2D eigenvalue weighted by Crippen LogP contribution is 2.24. The van der Waals surface area contributed by atoms with Gasteiger partial charge in [-0.05, 0) is 42.0 Å². The van der Waals surface area contributed by atoms with Crippen molar-refractivity contribution < 1.29 is 4.79 Å². The first-order valence-corrected chi connectivity index (χ1v) is 7.73. The van der Waals surface area contributed by atoms with Gasteiger partial charge in [-0.25, -0.2) is 0 Å². The fraction of sp³-hybridized carbons (Fsp3) is 0.0714. The summed E-state index contributed by atoms with van der Waals surface area (Å²) in [6, 6.07) is 10.6. The van der Waals surface area contributed by atoms with Gasteiger partial charge in [0, 0.05) is 31.0 Å². The summed E-state index contributed by atoms with van der Waals surface area (Å²) in [6.07, 6.45) is 0.224. The Morgan fingerprint density at radius 2 is 1.63 bits per heavy atom. The molecule has 0 aliphatic heterocycles. The molecule has 0 spiro atoms. The summed E-state index contributed by atoms with van der Waals surface area (Å²) in [5.74, 6) is -0.00818. The maximum Gasteiger partial charge on any atom is 0.167 e. The molecule has 0 bridgehead atoms. The van der Waals surface area contributed by atoms with Crippen LogP contribution in [0.5, 0.6) is 0 Å². The average molecular weight is 423 g/mol. The Labute approximate surface area is 138 Å². The van der Waals surface area contributed by atoms with Crippen molar-refractivity contribution in [3.63, 3.8) is 0 Å². The molecule has 19 heavy (non-hydrogen) atoms. The van der Waals surface area contributed by atoms with Crippen LogP contribution < -0.4 is 0 Å². The predicted octanol–water partition coefficient (Wildman–Crippen LogP) is 5.94. The molecule has 0 fully saturated rings. The molecule has 0 atom stereocenters. The van der Waals surface area contributed by atoms with E-state index in [1.165, 1.54) is 0 Å². The summed E-state index contributed by atoms with van der Waals surface area (Å²) < 4.78 is 1.70. The van der Waals surface area contributed by atoms with E-state index in [0.717, 1.165) is 14.5 Å². The lowest BCUT2D eigenvalue weighted by molar-refractivity contribution is 0.0993. The first kappa shape index (κ1) is 15.0. The number of ketones is 1. The van der Waals surface area contributed by atoms with E-state index in [0.29, 0.717) is 15.6 Å². The minimum Gasteiger partial charge on any atom is -0.294 e. The van der Waals surface area contributed by atoms with Crippen molar-refractivity contribution in [3.8, 4) is 0 Å². The molecule has 0 saturated heterocycles. The number of carbonyl (C=O) groups is 1. The van der Waals surface area contributed by atoms with E-state index in [-0.39, 0.29) is 12.2 Å². The molecule has 98 valence electrons. The van der Waals surface area contributed by atoms with Crippen LogP contribution in [0, 0.1) is 0 Å². The molecule has 0 radical (unpaired) electrons. The topological polar surface area (TPSA) is 17.1 Å². The van der Waals surface area contributed by atoms with E-state index >= 15 is 0 Å². The number of benzene rings is 2. The minimum atomic E-state index is -0.00818. The van der Waals surface area contributed by atoms with Gasteiger partial charge in [-0.15, -0.1) is 0 Å². The van der Waals surface area contributed by atoms with Crippen molar-refractivity contribution in [3.05, 3.63) is 66.5 Å². The molecule has 0 saturated carbocycles. The lowest BCUT2D eigenvalue weighted by Gasteiger charge is -2.06. The molecule has 0 N–H and O–H groups in total. The zero-order valence-corrected chi connectivity index (χ0v) is 14.3. The summed E-state index contributed by atoms with van der Waals surface area (Å²) in [7, 11) is 0. The second kappa shape index (κ2) is 6.40. The van der Waals surface area contributed by atoms with Crippen LogP contribution >= 0.6 is 55.1 Å². The van der Waals surface area contributed by atoms with E-state index in [1.54, 1.807) is 30.3 Å². The number of hydrogen-bond donors (Lipinski definition) is 0. The lowest BCUT2D eigenvalue weighted by Crippen LogP contribution is -2.04. The Morgan fingerprint density at radius 1 is 1.00 bits per heavy atom. The van der Waals surface area contributed by atoms with Crippen molar-refractivity contribution in [2.24, 2.45) is 0 Å². The molecule has 2 rings (SSSR count). The van der Waals surface area contributed by atoms with E-state index in [4.69, 9.17) is 23.2 Å². The van der Waals surface area contributed by atoms with Crippen molar-refractivity contribution in [2.75, 3.05) is 0 Å². The predicted molar refractivity (Wildman–Crippen MR) is 86.3 cm³/mol. The zero-order valence-electron chi connectivity index (χ0n) is 9.59. The van der Waals surface area contributed by atoms with Gasteiger partial charge >= 0.3 is 0 Å². The van der Waals surface area contributed by atoms with Crippen LogP contribution in [-0.4, -0.2) is 5.78 Å². The Balaban J connectivity index is 2.28. The smallest absolute Gasteiger partial charge is 0.167 e. The molecule has 0 amide bonds. The number of Topliss-reactive ketones (excluding diaryl/α,β-unsaturated/α-hetero) is 1. The Bertz CT molecular complexity index is 621. The number of halogens is 4. The molecule has 0 aromatic heterocycles. The van der Waals surface area contributed by atoms with Gasteiger partial charge in [-0.3, -0.25) is 4.79 Å². The number of hydrogen-bond acceptors (Lipinski definition) is 1. The highest BCUT2D eigenvalue weighted by Gasteiger charge is 2.11. The average Bonchev–Trinajstić information content (AvgIpc) is 2.32. The Morgan fingerprint density at radius 3 is 2.26 bits per heavy atom. The van der Waals surface area contributed by atoms with Crippen molar-refractivity contribution in [2.45, 2.75) is 6.42 Å². The maximum atomic E-state index is 12.2. The second-order valence-electron chi connectivity index (χ2n) is 3.99. The quantitative estimate of drug-likeness (QED) is 0.559. The van der Waals surface area contributed by atoms with Gasteiger partial charge in [0.05, 0.1) is 0 Å². The monoisotopic (exact) mass is 420 g/mol. The minimum absolute atomic E-state index is 0.00818. The van der Waals surface area contributed by atoms with Gasteiger partial charge in [0.2, 0.25) is 0 Å².